The molecule has 2 heterocycles. The normalized spacial score (nSPS) is 21.9. The van der Waals surface area contributed by atoms with Crippen LogP contribution in [0.15, 0.2) is 18.3 Å². The molecule has 1 aromatic heterocycles. The molecule has 6 heteroatoms. The van der Waals surface area contributed by atoms with Crippen LogP contribution in [0.4, 0.5) is 0 Å². The summed E-state index contributed by atoms with van der Waals surface area (Å²) in [5.41, 5.74) is 0.373. The van der Waals surface area contributed by atoms with Crippen molar-refractivity contribution in [2.75, 3.05) is 13.1 Å². The van der Waals surface area contributed by atoms with E-state index in [1.165, 1.54) is 12.8 Å². The van der Waals surface area contributed by atoms with Crippen molar-refractivity contribution >= 4 is 17.6 Å². The minimum atomic E-state index is -0.599. The molecule has 1 aliphatic heterocycles. The van der Waals surface area contributed by atoms with E-state index >= 15 is 0 Å². The summed E-state index contributed by atoms with van der Waals surface area (Å²) in [5.74, 6) is -0.841. The first-order chi connectivity index (χ1) is 11.1. The number of rotatable bonds is 5. The van der Waals surface area contributed by atoms with Crippen molar-refractivity contribution in [1.82, 2.24) is 14.8 Å². The Morgan fingerprint density at radius 3 is 2.70 bits per heavy atom. The van der Waals surface area contributed by atoms with Crippen LogP contribution in [0.25, 0.3) is 0 Å². The maximum atomic E-state index is 12.1. The number of hydrogen-bond donors (Lipinski definition) is 1. The fourth-order valence-electron chi connectivity index (χ4n) is 3.64. The second-order valence-electron chi connectivity index (χ2n) is 6.60. The Morgan fingerprint density at radius 1 is 1.30 bits per heavy atom. The van der Waals surface area contributed by atoms with Gasteiger partial charge in [-0.15, -0.1) is 0 Å². The molecular weight excluding hydrogens is 294 g/mol. The van der Waals surface area contributed by atoms with E-state index in [9.17, 15) is 14.4 Å². The predicted molar refractivity (Wildman–Crippen MR) is 84.8 cm³/mol. The lowest BCUT2D eigenvalue weighted by Crippen LogP contribution is -2.37. The Hall–Kier alpha value is -2.11. The number of Topliss-reactive ketones (excluding diaryl/α,β-unsaturated/α-hetero) is 1. The molecule has 1 saturated heterocycles. The van der Waals surface area contributed by atoms with Crippen LogP contribution in [0.3, 0.4) is 0 Å². The maximum absolute atomic E-state index is 12.1. The Labute approximate surface area is 135 Å². The highest BCUT2D eigenvalue weighted by atomic mass is 16.2. The summed E-state index contributed by atoms with van der Waals surface area (Å²) in [6.45, 7) is 1.08. The van der Waals surface area contributed by atoms with Crippen molar-refractivity contribution < 1.29 is 14.4 Å². The van der Waals surface area contributed by atoms with Crippen molar-refractivity contribution in [1.29, 1.82) is 0 Å². The van der Waals surface area contributed by atoms with E-state index in [1.54, 1.807) is 29.9 Å². The van der Waals surface area contributed by atoms with Crippen LogP contribution in [0.2, 0.25) is 0 Å². The highest BCUT2D eigenvalue weighted by molar-refractivity contribution is 6.42. The summed E-state index contributed by atoms with van der Waals surface area (Å²) >= 11 is 0. The van der Waals surface area contributed by atoms with E-state index < -0.39 is 11.7 Å². The highest BCUT2D eigenvalue weighted by Crippen LogP contribution is 2.29. The third kappa shape index (κ3) is 3.30. The molecular formula is C17H23N3O3. The lowest BCUT2D eigenvalue weighted by molar-refractivity contribution is -0.129. The molecule has 2 aliphatic rings. The van der Waals surface area contributed by atoms with Crippen LogP contribution < -0.4 is 5.32 Å². The van der Waals surface area contributed by atoms with Crippen molar-refractivity contribution in [3.05, 3.63) is 24.0 Å². The number of ketones is 1. The van der Waals surface area contributed by atoms with Crippen molar-refractivity contribution in [2.45, 2.75) is 38.1 Å². The van der Waals surface area contributed by atoms with Crippen molar-refractivity contribution in [3.8, 4) is 0 Å². The summed E-state index contributed by atoms with van der Waals surface area (Å²) < 4.78 is 1.63. The third-order valence-electron chi connectivity index (χ3n) is 4.94. The van der Waals surface area contributed by atoms with Crippen LogP contribution in [0.5, 0.6) is 0 Å². The monoisotopic (exact) mass is 317 g/mol. The first kappa shape index (κ1) is 15.8. The minimum Gasteiger partial charge on any atom is -0.349 e. The summed E-state index contributed by atoms with van der Waals surface area (Å²) in [6, 6.07) is 3.74. The molecule has 2 fully saturated rings. The van der Waals surface area contributed by atoms with Gasteiger partial charge in [-0.2, -0.15) is 0 Å². The van der Waals surface area contributed by atoms with Crippen LogP contribution >= 0.6 is 0 Å². The van der Waals surface area contributed by atoms with Gasteiger partial charge in [-0.3, -0.25) is 14.4 Å². The van der Waals surface area contributed by atoms with Gasteiger partial charge < -0.3 is 14.8 Å². The topological polar surface area (TPSA) is 71.4 Å². The number of carbonyl (C=O) groups is 3. The number of nitrogens with zero attached hydrogens (tertiary/aromatic N) is 2. The number of hydrogen-bond acceptors (Lipinski definition) is 3. The lowest BCUT2D eigenvalue weighted by Gasteiger charge is -2.24. The van der Waals surface area contributed by atoms with Crippen LogP contribution in [-0.4, -0.2) is 46.2 Å². The SMILES string of the molecule is Cn1cccc1C(=O)C(=O)NCC1CC(=O)N(C2CCCC2)C1. The minimum absolute atomic E-state index is 0.105. The van der Waals surface area contributed by atoms with E-state index in [0.29, 0.717) is 31.2 Å². The molecule has 1 aliphatic carbocycles. The largest absolute Gasteiger partial charge is 0.349 e. The van der Waals surface area contributed by atoms with Gasteiger partial charge in [0.05, 0.1) is 5.69 Å². The number of aromatic nitrogens is 1. The maximum Gasteiger partial charge on any atom is 0.294 e. The molecule has 1 atom stereocenters. The van der Waals surface area contributed by atoms with Crippen LogP contribution in [0.1, 0.15) is 42.6 Å². The van der Waals surface area contributed by atoms with Crippen molar-refractivity contribution in [3.63, 3.8) is 0 Å². The summed E-state index contributed by atoms with van der Waals surface area (Å²) in [6.07, 6.45) is 6.78. The molecule has 0 bridgehead atoms. The molecule has 1 unspecified atom stereocenters. The van der Waals surface area contributed by atoms with Gasteiger partial charge >= 0.3 is 0 Å². The van der Waals surface area contributed by atoms with Gasteiger partial charge in [-0.25, -0.2) is 0 Å². The van der Waals surface area contributed by atoms with Gasteiger partial charge in [-0.05, 0) is 25.0 Å². The van der Waals surface area contributed by atoms with E-state index in [0.717, 1.165) is 12.8 Å². The molecule has 3 rings (SSSR count). The Bertz CT molecular complexity index is 616. The number of aryl methyl sites for hydroxylation is 1. The Morgan fingerprint density at radius 2 is 2.04 bits per heavy atom. The highest BCUT2D eigenvalue weighted by Gasteiger charge is 2.35. The standard InChI is InChI=1S/C17H23N3O3/c1-19-8-4-7-14(19)16(22)17(23)18-10-12-9-15(21)20(11-12)13-5-2-3-6-13/h4,7-8,12-13H,2-3,5-6,9-11H2,1H3,(H,18,23). The molecule has 1 saturated carbocycles. The first-order valence-electron chi connectivity index (χ1n) is 8.29. The summed E-state index contributed by atoms with van der Waals surface area (Å²) in [4.78, 5) is 38.2. The van der Waals surface area contributed by atoms with Gasteiger partial charge in [-0.1, -0.05) is 12.8 Å². The van der Waals surface area contributed by atoms with E-state index in [2.05, 4.69) is 5.32 Å². The quantitative estimate of drug-likeness (QED) is 0.653. The molecule has 6 nitrogen and oxygen atoms in total. The van der Waals surface area contributed by atoms with Crippen molar-refractivity contribution in [2.24, 2.45) is 13.0 Å². The first-order valence-corrected chi connectivity index (χ1v) is 8.29. The molecule has 0 radical (unpaired) electrons. The number of likely N-dealkylation sites (tertiary alicyclic amines) is 1. The Kier molecular flexibility index (Phi) is 4.50. The van der Waals surface area contributed by atoms with Gasteiger partial charge in [0.15, 0.2) is 0 Å². The predicted octanol–water partition coefficient (Wildman–Crippen LogP) is 1.12. The molecule has 0 aromatic carbocycles. The van der Waals surface area contributed by atoms with Crippen LogP contribution in [0, 0.1) is 5.92 Å². The Balaban J connectivity index is 1.51. The zero-order valence-corrected chi connectivity index (χ0v) is 13.5. The summed E-state index contributed by atoms with van der Waals surface area (Å²) in [5, 5.41) is 2.69. The second-order valence-corrected chi connectivity index (χ2v) is 6.60. The molecule has 124 valence electrons. The molecule has 23 heavy (non-hydrogen) atoms. The fourth-order valence-corrected chi connectivity index (χ4v) is 3.64. The van der Waals surface area contributed by atoms with Crippen LogP contribution in [-0.2, 0) is 16.6 Å². The number of amides is 2. The van der Waals surface area contributed by atoms with E-state index in [4.69, 9.17) is 0 Å². The second kappa shape index (κ2) is 6.56. The van der Waals surface area contributed by atoms with Gasteiger partial charge in [0.25, 0.3) is 11.7 Å². The fraction of sp³-hybridized carbons (Fsp3) is 0.588. The number of nitrogens with one attached hydrogen (secondary N) is 1. The van der Waals surface area contributed by atoms with Gasteiger partial charge in [0.1, 0.15) is 0 Å². The zero-order chi connectivity index (χ0) is 16.4. The van der Waals surface area contributed by atoms with E-state index in [1.807, 2.05) is 4.90 Å². The van der Waals surface area contributed by atoms with E-state index in [-0.39, 0.29) is 11.8 Å². The molecule has 0 spiro atoms. The molecule has 2 amide bonds. The molecule has 1 N–H and O–H groups in total. The smallest absolute Gasteiger partial charge is 0.294 e. The third-order valence-corrected chi connectivity index (χ3v) is 4.94. The molecule has 1 aromatic rings. The average molecular weight is 317 g/mol. The van der Waals surface area contributed by atoms with Gasteiger partial charge in [0.2, 0.25) is 5.91 Å². The summed E-state index contributed by atoms with van der Waals surface area (Å²) in [7, 11) is 1.73. The number of carbonyl (C=O) groups excluding carboxylic acids is 3. The average Bonchev–Trinajstić information content (AvgIpc) is 3.24. The zero-order valence-electron chi connectivity index (χ0n) is 13.5. The van der Waals surface area contributed by atoms with Gasteiger partial charge in [0, 0.05) is 44.7 Å². The lowest BCUT2D eigenvalue weighted by atomic mass is 10.1.